The molecule has 0 bridgehead atoms. The van der Waals surface area contributed by atoms with Crippen LogP contribution >= 0.6 is 34.2 Å². The third-order valence-corrected chi connectivity index (χ3v) is 4.40. The monoisotopic (exact) mass is 407 g/mol. The average molecular weight is 408 g/mol. The lowest BCUT2D eigenvalue weighted by Crippen LogP contribution is -2.07. The Kier molecular flexibility index (Phi) is 4.22. The molecule has 21 heavy (non-hydrogen) atoms. The Labute approximate surface area is 141 Å². The summed E-state index contributed by atoms with van der Waals surface area (Å²) in [5.74, 6) is 0.0321. The van der Waals surface area contributed by atoms with Crippen LogP contribution in [0.4, 0.5) is 0 Å². The number of carbonyl (C=O) groups excluding carboxylic acids is 1. The van der Waals surface area contributed by atoms with Crippen LogP contribution in [-0.4, -0.2) is 10.8 Å². The van der Waals surface area contributed by atoms with Gasteiger partial charge in [-0.3, -0.25) is 9.78 Å². The summed E-state index contributed by atoms with van der Waals surface area (Å²) in [4.78, 5) is 17.0. The molecule has 4 heteroatoms. The van der Waals surface area contributed by atoms with Crippen molar-refractivity contribution in [2.24, 2.45) is 0 Å². The second kappa shape index (κ2) is 6.12. The summed E-state index contributed by atoms with van der Waals surface area (Å²) in [7, 11) is 0. The van der Waals surface area contributed by atoms with Gasteiger partial charge < -0.3 is 0 Å². The van der Waals surface area contributed by atoms with E-state index in [1.807, 2.05) is 42.5 Å². The van der Waals surface area contributed by atoms with Crippen LogP contribution in [-0.2, 0) is 6.42 Å². The number of pyridine rings is 1. The van der Waals surface area contributed by atoms with Gasteiger partial charge in [0.1, 0.15) is 0 Å². The van der Waals surface area contributed by atoms with Crippen molar-refractivity contribution in [2.45, 2.75) is 6.42 Å². The molecule has 0 fully saturated rings. The van der Waals surface area contributed by atoms with E-state index in [1.165, 1.54) is 0 Å². The predicted octanol–water partition coefficient (Wildman–Crippen LogP) is 4.92. The van der Waals surface area contributed by atoms with Gasteiger partial charge in [-0.25, -0.2) is 0 Å². The molecule has 0 amide bonds. The lowest BCUT2D eigenvalue weighted by atomic mass is 10.1. The molecule has 0 saturated carbocycles. The first-order valence-corrected chi connectivity index (χ1v) is 7.92. The predicted molar refractivity (Wildman–Crippen MR) is 93.9 cm³/mol. The van der Waals surface area contributed by atoms with Gasteiger partial charge in [-0.15, -0.1) is 0 Å². The molecule has 0 radical (unpaired) electrons. The molecule has 1 aromatic heterocycles. The van der Waals surface area contributed by atoms with Gasteiger partial charge in [0.25, 0.3) is 0 Å². The lowest BCUT2D eigenvalue weighted by molar-refractivity contribution is 0.0991. The van der Waals surface area contributed by atoms with Crippen LogP contribution in [0.1, 0.15) is 16.1 Å². The number of rotatable bonds is 3. The number of ketones is 1. The number of aromatic nitrogens is 1. The quantitative estimate of drug-likeness (QED) is 0.456. The maximum absolute atomic E-state index is 12.4. The number of para-hydroxylation sites is 1. The van der Waals surface area contributed by atoms with E-state index in [1.54, 1.807) is 12.1 Å². The minimum Gasteiger partial charge on any atom is -0.294 e. The summed E-state index contributed by atoms with van der Waals surface area (Å²) in [6.07, 6.45) is 0.279. The Morgan fingerprint density at radius 3 is 2.76 bits per heavy atom. The lowest BCUT2D eigenvalue weighted by Gasteiger charge is -2.05. The third-order valence-electron chi connectivity index (χ3n) is 3.23. The standard InChI is InChI=1S/C17H11ClINO/c18-12-6-8-15(19)14(9-12)17(21)10-13-7-5-11-3-1-2-4-16(11)20-13/h1-9H,10H2. The van der Waals surface area contributed by atoms with Crippen molar-refractivity contribution < 1.29 is 4.79 Å². The fraction of sp³-hybridized carbons (Fsp3) is 0.0588. The normalized spacial score (nSPS) is 10.8. The van der Waals surface area contributed by atoms with Crippen LogP contribution in [0.5, 0.6) is 0 Å². The van der Waals surface area contributed by atoms with Crippen molar-refractivity contribution in [3.63, 3.8) is 0 Å². The van der Waals surface area contributed by atoms with E-state index in [0.717, 1.165) is 20.2 Å². The molecule has 2 aromatic carbocycles. The maximum atomic E-state index is 12.4. The highest BCUT2D eigenvalue weighted by Gasteiger charge is 2.12. The molecule has 1 heterocycles. The highest BCUT2D eigenvalue weighted by molar-refractivity contribution is 14.1. The van der Waals surface area contributed by atoms with Gasteiger partial charge in [-0.1, -0.05) is 35.9 Å². The Bertz CT molecular complexity index is 832. The molecule has 2 nitrogen and oxygen atoms in total. The van der Waals surface area contributed by atoms with Crippen LogP contribution in [0.2, 0.25) is 5.02 Å². The molecule has 0 aliphatic rings. The summed E-state index contributed by atoms with van der Waals surface area (Å²) in [6.45, 7) is 0. The Hall–Kier alpha value is -1.46. The molecule has 0 aliphatic heterocycles. The SMILES string of the molecule is O=C(Cc1ccc2ccccc2n1)c1cc(Cl)ccc1I. The van der Waals surface area contributed by atoms with Gasteiger partial charge in [-0.05, 0) is 52.9 Å². The summed E-state index contributed by atoms with van der Waals surface area (Å²) >= 11 is 8.12. The van der Waals surface area contributed by atoms with Gasteiger partial charge in [0.2, 0.25) is 0 Å². The van der Waals surface area contributed by atoms with E-state index in [4.69, 9.17) is 11.6 Å². The van der Waals surface area contributed by atoms with Gasteiger partial charge in [0.05, 0.1) is 11.9 Å². The van der Waals surface area contributed by atoms with Crippen molar-refractivity contribution in [3.05, 3.63) is 74.4 Å². The first-order chi connectivity index (χ1) is 10.1. The molecule has 104 valence electrons. The summed E-state index contributed by atoms with van der Waals surface area (Å²) < 4.78 is 0.905. The number of fused-ring (bicyclic) bond motifs is 1. The number of hydrogen-bond donors (Lipinski definition) is 0. The van der Waals surface area contributed by atoms with Crippen molar-refractivity contribution >= 4 is 50.9 Å². The number of Topliss-reactive ketones (excluding diaryl/α,β-unsaturated/α-hetero) is 1. The molecule has 0 atom stereocenters. The van der Waals surface area contributed by atoms with Gasteiger partial charge in [-0.2, -0.15) is 0 Å². The van der Waals surface area contributed by atoms with Gasteiger partial charge in [0.15, 0.2) is 5.78 Å². The molecule has 0 aliphatic carbocycles. The van der Waals surface area contributed by atoms with E-state index >= 15 is 0 Å². The highest BCUT2D eigenvalue weighted by atomic mass is 127. The van der Waals surface area contributed by atoms with Crippen LogP contribution < -0.4 is 0 Å². The van der Waals surface area contributed by atoms with E-state index in [-0.39, 0.29) is 12.2 Å². The first-order valence-electron chi connectivity index (χ1n) is 6.46. The summed E-state index contributed by atoms with van der Waals surface area (Å²) in [5, 5.41) is 1.65. The Morgan fingerprint density at radius 2 is 1.90 bits per heavy atom. The molecule has 0 N–H and O–H groups in total. The number of nitrogens with zero attached hydrogens (tertiary/aromatic N) is 1. The number of carbonyl (C=O) groups is 1. The van der Waals surface area contributed by atoms with Crippen molar-refractivity contribution in [2.75, 3.05) is 0 Å². The zero-order valence-electron chi connectivity index (χ0n) is 11.0. The first kappa shape index (κ1) is 14.5. The van der Waals surface area contributed by atoms with Crippen molar-refractivity contribution in [3.8, 4) is 0 Å². The van der Waals surface area contributed by atoms with E-state index in [2.05, 4.69) is 27.6 Å². The maximum Gasteiger partial charge on any atom is 0.169 e. The van der Waals surface area contributed by atoms with E-state index < -0.39 is 0 Å². The third kappa shape index (κ3) is 3.24. The molecule has 0 saturated heterocycles. The van der Waals surface area contributed by atoms with Crippen molar-refractivity contribution in [1.29, 1.82) is 0 Å². The number of halogens is 2. The van der Waals surface area contributed by atoms with E-state index in [0.29, 0.717) is 10.6 Å². The summed E-state index contributed by atoms with van der Waals surface area (Å²) in [5.41, 5.74) is 2.33. The van der Waals surface area contributed by atoms with Crippen LogP contribution in [0, 0.1) is 3.57 Å². The molecule has 0 spiro atoms. The Morgan fingerprint density at radius 1 is 1.10 bits per heavy atom. The van der Waals surface area contributed by atoms with Gasteiger partial charge in [0, 0.05) is 25.2 Å². The van der Waals surface area contributed by atoms with E-state index in [9.17, 15) is 4.79 Å². The van der Waals surface area contributed by atoms with Crippen molar-refractivity contribution in [1.82, 2.24) is 4.98 Å². The largest absolute Gasteiger partial charge is 0.294 e. The second-order valence-electron chi connectivity index (χ2n) is 4.72. The average Bonchev–Trinajstić information content (AvgIpc) is 2.49. The minimum absolute atomic E-state index is 0.0321. The molecule has 3 rings (SSSR count). The number of hydrogen-bond acceptors (Lipinski definition) is 2. The van der Waals surface area contributed by atoms with Crippen LogP contribution in [0.25, 0.3) is 10.9 Å². The minimum atomic E-state index is 0.0321. The topological polar surface area (TPSA) is 30.0 Å². The molecular formula is C17H11ClINO. The smallest absolute Gasteiger partial charge is 0.169 e. The molecular weight excluding hydrogens is 397 g/mol. The number of benzene rings is 2. The summed E-state index contributed by atoms with van der Waals surface area (Å²) in [6, 6.07) is 17.1. The molecule has 3 aromatic rings. The second-order valence-corrected chi connectivity index (χ2v) is 6.32. The fourth-order valence-electron chi connectivity index (χ4n) is 2.18. The zero-order chi connectivity index (χ0) is 14.8. The van der Waals surface area contributed by atoms with Crippen LogP contribution in [0.3, 0.4) is 0 Å². The Balaban J connectivity index is 1.90. The fourth-order valence-corrected chi connectivity index (χ4v) is 2.99. The van der Waals surface area contributed by atoms with Gasteiger partial charge >= 0.3 is 0 Å². The molecule has 0 unspecified atom stereocenters. The van der Waals surface area contributed by atoms with Crippen LogP contribution in [0.15, 0.2) is 54.6 Å². The zero-order valence-corrected chi connectivity index (χ0v) is 13.9. The highest BCUT2D eigenvalue weighted by Crippen LogP contribution is 2.20.